The molecule has 2 aromatic heterocycles. The number of nitrogens with one attached hydrogen (secondary N) is 1. The molecule has 1 amide bonds. The van der Waals surface area contributed by atoms with E-state index in [0.29, 0.717) is 22.0 Å². The number of aryl methyl sites for hydroxylation is 1. The summed E-state index contributed by atoms with van der Waals surface area (Å²) in [4.78, 5) is 24.7. The SMILES string of the molecule is Cc1nc(S(C)(=O)=O)nc2[nH]c3c(N(C)C(=O)OC(C)(C)C)cc(F)cc3c12. The molecule has 0 aliphatic heterocycles. The molecular weight excluding hydrogens is 387 g/mol. The summed E-state index contributed by atoms with van der Waals surface area (Å²) in [6.45, 7) is 6.81. The number of carbonyl (C=O) groups excluding carboxylic acids is 1. The molecule has 0 unspecified atom stereocenters. The highest BCUT2D eigenvalue weighted by atomic mass is 32.2. The maximum atomic E-state index is 14.3. The third-order valence-electron chi connectivity index (χ3n) is 4.02. The molecule has 0 saturated heterocycles. The predicted octanol–water partition coefficient (Wildman–Crippen LogP) is 3.33. The summed E-state index contributed by atoms with van der Waals surface area (Å²) in [6.07, 6.45) is 0.357. The Morgan fingerprint density at radius 1 is 1.25 bits per heavy atom. The van der Waals surface area contributed by atoms with Crippen LogP contribution in [0.5, 0.6) is 0 Å². The van der Waals surface area contributed by atoms with Crippen LogP contribution in [0.3, 0.4) is 0 Å². The molecule has 150 valence electrons. The fourth-order valence-corrected chi connectivity index (χ4v) is 3.42. The number of fused-ring (bicyclic) bond motifs is 3. The number of ether oxygens (including phenoxy) is 1. The van der Waals surface area contributed by atoms with Gasteiger partial charge in [0.1, 0.15) is 17.1 Å². The van der Waals surface area contributed by atoms with Crippen LogP contribution in [0, 0.1) is 12.7 Å². The van der Waals surface area contributed by atoms with E-state index < -0.39 is 27.3 Å². The first kappa shape index (κ1) is 20.0. The van der Waals surface area contributed by atoms with Crippen molar-refractivity contribution in [3.8, 4) is 0 Å². The van der Waals surface area contributed by atoms with Gasteiger partial charge in [-0.2, -0.15) is 0 Å². The minimum atomic E-state index is -3.62. The number of rotatable bonds is 2. The van der Waals surface area contributed by atoms with Gasteiger partial charge in [-0.1, -0.05) is 0 Å². The number of anilines is 1. The van der Waals surface area contributed by atoms with Crippen molar-refractivity contribution in [3.63, 3.8) is 0 Å². The van der Waals surface area contributed by atoms with Gasteiger partial charge in [0, 0.05) is 24.1 Å². The van der Waals surface area contributed by atoms with Gasteiger partial charge in [-0.3, -0.25) is 4.90 Å². The van der Waals surface area contributed by atoms with Crippen molar-refractivity contribution >= 4 is 43.6 Å². The minimum Gasteiger partial charge on any atom is -0.443 e. The first-order chi connectivity index (χ1) is 12.8. The Kier molecular flexibility index (Phi) is 4.57. The molecule has 0 aliphatic rings. The maximum absolute atomic E-state index is 14.3. The topological polar surface area (TPSA) is 105 Å². The molecule has 0 aliphatic carbocycles. The summed E-state index contributed by atoms with van der Waals surface area (Å²) in [5.74, 6) is -0.564. The number of aromatic nitrogens is 3. The number of benzene rings is 1. The Morgan fingerprint density at radius 2 is 1.89 bits per heavy atom. The van der Waals surface area contributed by atoms with Gasteiger partial charge in [0.15, 0.2) is 0 Å². The second kappa shape index (κ2) is 6.40. The average molecular weight is 408 g/mol. The Hall–Kier alpha value is -2.75. The first-order valence-corrected chi connectivity index (χ1v) is 10.3. The summed E-state index contributed by atoms with van der Waals surface area (Å²) in [5, 5.41) is 0.602. The van der Waals surface area contributed by atoms with E-state index in [1.54, 1.807) is 27.7 Å². The molecule has 0 fully saturated rings. The van der Waals surface area contributed by atoms with E-state index in [2.05, 4.69) is 15.0 Å². The fourth-order valence-electron chi connectivity index (χ4n) is 2.86. The third-order valence-corrected chi connectivity index (χ3v) is 4.87. The van der Waals surface area contributed by atoms with Crippen LogP contribution >= 0.6 is 0 Å². The highest BCUT2D eigenvalue weighted by Crippen LogP contribution is 2.34. The van der Waals surface area contributed by atoms with Gasteiger partial charge in [0.2, 0.25) is 15.0 Å². The zero-order valence-electron chi connectivity index (χ0n) is 16.4. The summed E-state index contributed by atoms with van der Waals surface area (Å²) < 4.78 is 43.3. The van der Waals surface area contributed by atoms with E-state index in [1.807, 2.05) is 0 Å². The second-order valence-electron chi connectivity index (χ2n) is 7.60. The van der Waals surface area contributed by atoms with Crippen LogP contribution < -0.4 is 4.90 Å². The number of hydrogen-bond acceptors (Lipinski definition) is 6. The zero-order chi connectivity index (χ0) is 21.0. The van der Waals surface area contributed by atoms with Crippen molar-refractivity contribution in [2.45, 2.75) is 38.5 Å². The number of nitrogens with zero attached hydrogens (tertiary/aromatic N) is 3. The molecule has 10 heteroatoms. The van der Waals surface area contributed by atoms with E-state index in [4.69, 9.17) is 4.74 Å². The van der Waals surface area contributed by atoms with Crippen molar-refractivity contribution in [3.05, 3.63) is 23.6 Å². The van der Waals surface area contributed by atoms with Crippen LogP contribution in [0.1, 0.15) is 26.5 Å². The Labute approximate surface area is 161 Å². The van der Waals surface area contributed by atoms with Crippen molar-refractivity contribution in [2.75, 3.05) is 18.2 Å². The van der Waals surface area contributed by atoms with Crippen LogP contribution in [0.25, 0.3) is 21.9 Å². The molecule has 2 heterocycles. The standard InChI is InChI=1S/C18H21FN4O4S/c1-9-13-11-7-10(19)8-12(23(5)17(24)27-18(2,3)4)14(11)21-15(13)22-16(20-9)28(6,25)26/h7-8H,1-6H3,(H,20,21,22). The number of halogens is 1. The quantitative estimate of drug-likeness (QED) is 0.652. The van der Waals surface area contributed by atoms with E-state index in [0.717, 1.165) is 6.26 Å². The van der Waals surface area contributed by atoms with Crippen LogP contribution in [-0.4, -0.2) is 48.4 Å². The highest BCUT2D eigenvalue weighted by Gasteiger charge is 2.25. The number of sulfone groups is 1. The van der Waals surface area contributed by atoms with Crippen molar-refractivity contribution in [1.29, 1.82) is 0 Å². The third kappa shape index (κ3) is 3.64. The van der Waals surface area contributed by atoms with E-state index in [-0.39, 0.29) is 16.5 Å². The van der Waals surface area contributed by atoms with Crippen molar-refractivity contribution in [2.24, 2.45) is 0 Å². The maximum Gasteiger partial charge on any atom is 0.414 e. The second-order valence-corrected chi connectivity index (χ2v) is 9.51. The lowest BCUT2D eigenvalue weighted by molar-refractivity contribution is 0.0589. The number of carbonyl (C=O) groups is 1. The molecule has 0 radical (unpaired) electrons. The normalized spacial score (nSPS) is 12.5. The molecule has 0 atom stereocenters. The number of aromatic amines is 1. The molecule has 1 N–H and O–H groups in total. The molecular formula is C18H21FN4O4S. The lowest BCUT2D eigenvalue weighted by Crippen LogP contribution is -2.34. The van der Waals surface area contributed by atoms with Crippen molar-refractivity contribution in [1.82, 2.24) is 15.0 Å². The summed E-state index contributed by atoms with van der Waals surface area (Å²) in [5.41, 5.74) is 0.570. The Bertz CT molecular complexity index is 1210. The Morgan fingerprint density at radius 3 is 2.46 bits per heavy atom. The molecule has 28 heavy (non-hydrogen) atoms. The van der Waals surface area contributed by atoms with E-state index in [1.165, 1.54) is 24.1 Å². The molecule has 1 aromatic carbocycles. The molecule has 8 nitrogen and oxygen atoms in total. The van der Waals surface area contributed by atoms with Gasteiger partial charge in [0.05, 0.1) is 16.9 Å². The first-order valence-electron chi connectivity index (χ1n) is 8.44. The summed E-state index contributed by atoms with van der Waals surface area (Å²) in [7, 11) is -2.16. The van der Waals surface area contributed by atoms with E-state index >= 15 is 0 Å². The highest BCUT2D eigenvalue weighted by molar-refractivity contribution is 7.90. The fraction of sp³-hybridized carbons (Fsp3) is 0.389. The van der Waals surface area contributed by atoms with Gasteiger partial charge in [0.25, 0.3) is 0 Å². The lowest BCUT2D eigenvalue weighted by Gasteiger charge is -2.25. The number of H-pyrrole nitrogens is 1. The molecule has 3 aromatic rings. The average Bonchev–Trinajstić information content (AvgIpc) is 2.89. The summed E-state index contributed by atoms with van der Waals surface area (Å²) in [6, 6.07) is 2.49. The van der Waals surface area contributed by atoms with Gasteiger partial charge in [-0.05, 0) is 39.8 Å². The van der Waals surface area contributed by atoms with Gasteiger partial charge < -0.3 is 9.72 Å². The Balaban J connectivity index is 2.27. The van der Waals surface area contributed by atoms with Crippen LogP contribution in [0.15, 0.2) is 17.3 Å². The lowest BCUT2D eigenvalue weighted by atomic mass is 10.1. The van der Waals surface area contributed by atoms with Crippen LogP contribution in [0.4, 0.5) is 14.9 Å². The van der Waals surface area contributed by atoms with Gasteiger partial charge >= 0.3 is 6.09 Å². The van der Waals surface area contributed by atoms with Gasteiger partial charge in [-0.15, -0.1) is 0 Å². The zero-order valence-corrected chi connectivity index (χ0v) is 17.2. The largest absolute Gasteiger partial charge is 0.443 e. The van der Waals surface area contributed by atoms with Crippen LogP contribution in [0.2, 0.25) is 0 Å². The van der Waals surface area contributed by atoms with Crippen molar-refractivity contribution < 1.29 is 22.3 Å². The molecule has 0 bridgehead atoms. The number of amides is 1. The van der Waals surface area contributed by atoms with E-state index in [9.17, 15) is 17.6 Å². The smallest absolute Gasteiger partial charge is 0.414 e. The minimum absolute atomic E-state index is 0.238. The summed E-state index contributed by atoms with van der Waals surface area (Å²) >= 11 is 0. The number of hydrogen-bond donors (Lipinski definition) is 1. The molecule has 0 spiro atoms. The van der Waals surface area contributed by atoms with Gasteiger partial charge in [-0.25, -0.2) is 27.6 Å². The predicted molar refractivity (Wildman–Crippen MR) is 104 cm³/mol. The molecule has 3 rings (SSSR count). The van der Waals surface area contributed by atoms with Crippen LogP contribution in [-0.2, 0) is 14.6 Å². The molecule has 0 saturated carbocycles. The monoisotopic (exact) mass is 408 g/mol.